The van der Waals surface area contributed by atoms with Crippen LogP contribution in [0.4, 0.5) is 13.2 Å². The number of ether oxygens (including phenoxy) is 1. The summed E-state index contributed by atoms with van der Waals surface area (Å²) >= 11 is 1.54. The van der Waals surface area contributed by atoms with Crippen molar-refractivity contribution in [2.75, 3.05) is 0 Å². The van der Waals surface area contributed by atoms with Gasteiger partial charge in [0.15, 0.2) is 0 Å². The van der Waals surface area contributed by atoms with E-state index in [2.05, 4.69) is 10.2 Å². The smallest absolute Gasteiger partial charge is 0.406 e. The first-order chi connectivity index (χ1) is 9.40. The van der Waals surface area contributed by atoms with Gasteiger partial charge in [0.05, 0.1) is 6.04 Å². The number of aryl methyl sites for hydroxylation is 1. The standard InChI is InChI=1S/C13H13F3N2OS/c1-8-6-7-20-12(8)11(18-17)9-2-4-10(5-3-9)19-13(14,15)16/h2-7,11,18H,17H2,1H3. The van der Waals surface area contributed by atoms with E-state index in [1.807, 2.05) is 18.4 Å². The lowest BCUT2D eigenvalue weighted by molar-refractivity contribution is -0.274. The highest BCUT2D eigenvalue weighted by Crippen LogP contribution is 2.30. The monoisotopic (exact) mass is 302 g/mol. The maximum absolute atomic E-state index is 12.1. The summed E-state index contributed by atoms with van der Waals surface area (Å²) in [6, 6.07) is 7.38. The van der Waals surface area contributed by atoms with Crippen molar-refractivity contribution < 1.29 is 17.9 Å². The maximum atomic E-state index is 12.1. The highest BCUT2D eigenvalue weighted by molar-refractivity contribution is 7.10. The Labute approximate surface area is 118 Å². The van der Waals surface area contributed by atoms with Gasteiger partial charge in [0.1, 0.15) is 5.75 Å². The molecule has 0 aliphatic heterocycles. The number of halogens is 3. The SMILES string of the molecule is Cc1ccsc1C(NN)c1ccc(OC(F)(F)F)cc1. The van der Waals surface area contributed by atoms with Crippen molar-refractivity contribution in [2.24, 2.45) is 5.84 Å². The van der Waals surface area contributed by atoms with Crippen LogP contribution >= 0.6 is 11.3 Å². The predicted molar refractivity (Wildman–Crippen MR) is 71.3 cm³/mol. The Morgan fingerprint density at radius 2 is 1.85 bits per heavy atom. The number of benzene rings is 1. The fraction of sp³-hybridized carbons (Fsp3) is 0.231. The Morgan fingerprint density at radius 3 is 2.30 bits per heavy atom. The van der Waals surface area contributed by atoms with E-state index < -0.39 is 6.36 Å². The Bertz CT molecular complexity index is 566. The van der Waals surface area contributed by atoms with Gasteiger partial charge in [0.25, 0.3) is 0 Å². The van der Waals surface area contributed by atoms with Crippen LogP contribution in [0.15, 0.2) is 35.7 Å². The fourth-order valence-corrected chi connectivity index (χ4v) is 2.88. The van der Waals surface area contributed by atoms with E-state index in [0.29, 0.717) is 0 Å². The van der Waals surface area contributed by atoms with Crippen molar-refractivity contribution in [3.63, 3.8) is 0 Å². The first-order valence-corrected chi connectivity index (χ1v) is 6.64. The van der Waals surface area contributed by atoms with E-state index in [0.717, 1.165) is 16.0 Å². The van der Waals surface area contributed by atoms with Crippen LogP contribution < -0.4 is 16.0 Å². The third kappa shape index (κ3) is 3.50. The van der Waals surface area contributed by atoms with Gasteiger partial charge in [0, 0.05) is 4.88 Å². The molecule has 0 aliphatic carbocycles. The van der Waals surface area contributed by atoms with Gasteiger partial charge in [-0.2, -0.15) is 0 Å². The van der Waals surface area contributed by atoms with Gasteiger partial charge in [-0.1, -0.05) is 12.1 Å². The molecule has 3 nitrogen and oxygen atoms in total. The number of rotatable bonds is 4. The second-order valence-electron chi connectivity index (χ2n) is 4.18. The van der Waals surface area contributed by atoms with Crippen molar-refractivity contribution in [1.82, 2.24) is 5.43 Å². The van der Waals surface area contributed by atoms with Gasteiger partial charge < -0.3 is 4.74 Å². The van der Waals surface area contributed by atoms with Crippen LogP contribution in [-0.2, 0) is 0 Å². The van der Waals surface area contributed by atoms with Gasteiger partial charge >= 0.3 is 6.36 Å². The molecular weight excluding hydrogens is 289 g/mol. The molecule has 0 fully saturated rings. The molecule has 1 atom stereocenters. The van der Waals surface area contributed by atoms with Gasteiger partial charge in [0.2, 0.25) is 0 Å². The first-order valence-electron chi connectivity index (χ1n) is 5.76. The molecule has 108 valence electrons. The van der Waals surface area contributed by atoms with Crippen LogP contribution in [0.1, 0.15) is 22.0 Å². The average molecular weight is 302 g/mol. The molecule has 7 heteroatoms. The van der Waals surface area contributed by atoms with Crippen molar-refractivity contribution in [1.29, 1.82) is 0 Å². The first kappa shape index (κ1) is 14.8. The Kier molecular flexibility index (Phi) is 4.32. The fourth-order valence-electron chi connectivity index (χ4n) is 1.87. The summed E-state index contributed by atoms with van der Waals surface area (Å²) in [5.74, 6) is 5.30. The number of alkyl halides is 3. The average Bonchev–Trinajstić information content (AvgIpc) is 2.77. The van der Waals surface area contributed by atoms with Crippen LogP contribution in [-0.4, -0.2) is 6.36 Å². The molecule has 1 unspecified atom stereocenters. The summed E-state index contributed by atoms with van der Waals surface area (Å²) < 4.78 is 40.1. The van der Waals surface area contributed by atoms with E-state index >= 15 is 0 Å². The molecule has 1 aromatic carbocycles. The summed E-state index contributed by atoms with van der Waals surface area (Å²) in [6.45, 7) is 1.96. The summed E-state index contributed by atoms with van der Waals surface area (Å²) in [5.41, 5.74) is 4.52. The Balaban J connectivity index is 2.22. The Morgan fingerprint density at radius 1 is 1.20 bits per heavy atom. The number of hydrogen-bond acceptors (Lipinski definition) is 4. The summed E-state index contributed by atoms with van der Waals surface area (Å²) in [5, 5.41) is 1.94. The van der Waals surface area contributed by atoms with Crippen LogP contribution in [0.3, 0.4) is 0 Å². The largest absolute Gasteiger partial charge is 0.573 e. The third-order valence-corrected chi connectivity index (χ3v) is 3.86. The molecule has 0 radical (unpaired) electrons. The van der Waals surface area contributed by atoms with Crippen LogP contribution in [0.2, 0.25) is 0 Å². The minimum absolute atomic E-state index is 0.250. The van der Waals surface area contributed by atoms with Crippen molar-refractivity contribution in [2.45, 2.75) is 19.3 Å². The van der Waals surface area contributed by atoms with E-state index in [1.54, 1.807) is 12.1 Å². The molecule has 20 heavy (non-hydrogen) atoms. The normalized spacial score (nSPS) is 13.2. The minimum atomic E-state index is -4.68. The molecule has 0 saturated heterocycles. The zero-order chi connectivity index (χ0) is 14.8. The number of hydrazine groups is 1. The highest BCUT2D eigenvalue weighted by Gasteiger charge is 2.31. The lowest BCUT2D eigenvalue weighted by atomic mass is 10.0. The Hall–Kier alpha value is -1.57. The van der Waals surface area contributed by atoms with E-state index in [-0.39, 0.29) is 11.8 Å². The number of nitrogens with two attached hydrogens (primary N) is 1. The van der Waals surface area contributed by atoms with Gasteiger partial charge in [-0.3, -0.25) is 5.84 Å². The summed E-state index contributed by atoms with van der Waals surface area (Å²) in [7, 11) is 0. The molecule has 0 bridgehead atoms. The molecule has 0 spiro atoms. The highest BCUT2D eigenvalue weighted by atomic mass is 32.1. The molecule has 1 heterocycles. The predicted octanol–water partition coefficient (Wildman–Crippen LogP) is 3.51. The maximum Gasteiger partial charge on any atom is 0.573 e. The zero-order valence-corrected chi connectivity index (χ0v) is 11.4. The summed E-state index contributed by atoms with van der Waals surface area (Å²) in [6.07, 6.45) is -4.68. The van der Waals surface area contributed by atoms with Crippen molar-refractivity contribution in [3.8, 4) is 5.75 Å². The molecule has 2 rings (SSSR count). The number of thiophene rings is 1. The molecule has 1 aromatic heterocycles. The second kappa shape index (κ2) is 5.82. The molecule has 0 saturated carbocycles. The van der Waals surface area contributed by atoms with Crippen LogP contribution in [0, 0.1) is 6.92 Å². The number of hydrogen-bond donors (Lipinski definition) is 2. The zero-order valence-electron chi connectivity index (χ0n) is 10.6. The number of nitrogens with one attached hydrogen (secondary N) is 1. The lowest BCUT2D eigenvalue weighted by Crippen LogP contribution is -2.28. The van der Waals surface area contributed by atoms with Crippen LogP contribution in [0.5, 0.6) is 5.75 Å². The van der Waals surface area contributed by atoms with Crippen molar-refractivity contribution in [3.05, 3.63) is 51.7 Å². The second-order valence-corrected chi connectivity index (χ2v) is 5.13. The molecular formula is C13H13F3N2OS. The minimum Gasteiger partial charge on any atom is -0.406 e. The third-order valence-electron chi connectivity index (χ3n) is 2.78. The lowest BCUT2D eigenvalue weighted by Gasteiger charge is -2.17. The van der Waals surface area contributed by atoms with Gasteiger partial charge in [-0.05, 0) is 41.6 Å². The summed E-state index contributed by atoms with van der Waals surface area (Å²) in [4.78, 5) is 1.02. The van der Waals surface area contributed by atoms with Crippen LogP contribution in [0.25, 0.3) is 0 Å². The van der Waals surface area contributed by atoms with E-state index in [1.165, 1.54) is 23.5 Å². The van der Waals surface area contributed by atoms with Gasteiger partial charge in [-0.25, -0.2) is 5.43 Å². The molecule has 0 amide bonds. The van der Waals surface area contributed by atoms with Crippen molar-refractivity contribution >= 4 is 11.3 Å². The van der Waals surface area contributed by atoms with Gasteiger partial charge in [-0.15, -0.1) is 24.5 Å². The molecule has 2 aromatic rings. The molecule has 0 aliphatic rings. The van der Waals surface area contributed by atoms with E-state index in [9.17, 15) is 13.2 Å². The quantitative estimate of drug-likeness (QED) is 0.671. The molecule has 3 N–H and O–H groups in total. The van der Waals surface area contributed by atoms with E-state index in [4.69, 9.17) is 5.84 Å². The topological polar surface area (TPSA) is 47.3 Å².